The molecule has 0 radical (unpaired) electrons. The highest BCUT2D eigenvalue weighted by Gasteiger charge is 2.27. The lowest BCUT2D eigenvalue weighted by atomic mass is 10.0. The topological polar surface area (TPSA) is 97.9 Å². The zero-order valence-corrected chi connectivity index (χ0v) is 18.4. The number of nitrogens with one attached hydrogen (secondary N) is 1. The van der Waals surface area contributed by atoms with Crippen LogP contribution in [0.2, 0.25) is 0 Å². The highest BCUT2D eigenvalue weighted by atomic mass is 19.1. The molecule has 32 heavy (non-hydrogen) atoms. The Balaban J connectivity index is 1.68. The van der Waals surface area contributed by atoms with Gasteiger partial charge in [-0.15, -0.1) is 0 Å². The molecule has 2 N–H and O–H groups in total. The first-order valence-corrected chi connectivity index (χ1v) is 10.8. The zero-order valence-electron chi connectivity index (χ0n) is 18.4. The number of carbonyl (C=O) groups excluding carboxylic acids is 1. The molecule has 1 saturated carbocycles. The molecule has 0 unspecified atom stereocenters. The molecule has 9 heteroatoms. The van der Waals surface area contributed by atoms with E-state index >= 15 is 4.39 Å². The van der Waals surface area contributed by atoms with Crippen LogP contribution in [0.15, 0.2) is 35.5 Å². The molecular weight excluding hydrogens is 415 g/mol. The van der Waals surface area contributed by atoms with E-state index in [9.17, 15) is 14.7 Å². The number of pyridine rings is 2. The maximum absolute atomic E-state index is 15.2. The molecule has 0 spiro atoms. The Morgan fingerprint density at radius 2 is 2.12 bits per heavy atom. The Hall–Kier alpha value is -3.20. The first-order valence-electron chi connectivity index (χ1n) is 10.8. The molecule has 3 aromatic heterocycles. The van der Waals surface area contributed by atoms with Gasteiger partial charge in [-0.25, -0.2) is 4.98 Å². The summed E-state index contributed by atoms with van der Waals surface area (Å²) in [6.07, 6.45) is 7.59. The van der Waals surface area contributed by atoms with Gasteiger partial charge in [0.25, 0.3) is 11.5 Å². The van der Waals surface area contributed by atoms with E-state index in [1.54, 1.807) is 43.8 Å². The number of aromatic nitrogens is 3. The number of halogens is 1. The smallest absolute Gasteiger partial charge is 0.263 e. The van der Waals surface area contributed by atoms with Crippen molar-refractivity contribution in [3.63, 3.8) is 0 Å². The van der Waals surface area contributed by atoms with Crippen LogP contribution < -0.4 is 15.6 Å². The molecule has 4 rings (SSSR count). The second-order valence-corrected chi connectivity index (χ2v) is 8.71. The van der Waals surface area contributed by atoms with Crippen LogP contribution in [0, 0.1) is 5.82 Å². The fourth-order valence-corrected chi connectivity index (χ4v) is 3.56. The van der Waals surface area contributed by atoms with E-state index in [4.69, 9.17) is 4.74 Å². The van der Waals surface area contributed by atoms with Gasteiger partial charge in [0.2, 0.25) is 5.82 Å². The summed E-state index contributed by atoms with van der Waals surface area (Å²) in [6.45, 7) is 5.29. The number of anilines is 1. The minimum atomic E-state index is -0.868. The molecule has 3 aromatic rings. The van der Waals surface area contributed by atoms with Crippen molar-refractivity contribution in [3.8, 4) is 5.75 Å². The van der Waals surface area contributed by atoms with Crippen LogP contribution in [0.1, 0.15) is 62.1 Å². The van der Waals surface area contributed by atoms with Gasteiger partial charge in [0.1, 0.15) is 11.3 Å². The Kier molecular flexibility index (Phi) is 5.77. The number of nitrogens with zero attached hydrogens (tertiary/aromatic N) is 3. The van der Waals surface area contributed by atoms with Crippen LogP contribution in [-0.4, -0.2) is 37.2 Å². The van der Waals surface area contributed by atoms with Gasteiger partial charge in [0, 0.05) is 24.6 Å². The van der Waals surface area contributed by atoms with Crippen molar-refractivity contribution in [2.45, 2.75) is 58.1 Å². The second kappa shape index (κ2) is 8.38. The van der Waals surface area contributed by atoms with Gasteiger partial charge in [-0.1, -0.05) is 0 Å². The summed E-state index contributed by atoms with van der Waals surface area (Å²) in [5, 5.41) is 12.6. The lowest BCUT2D eigenvalue weighted by Crippen LogP contribution is -2.28. The summed E-state index contributed by atoms with van der Waals surface area (Å²) in [7, 11) is 0. The highest BCUT2D eigenvalue weighted by Crippen LogP contribution is 2.34. The third-order valence-corrected chi connectivity index (χ3v) is 5.38. The van der Waals surface area contributed by atoms with Crippen LogP contribution in [-0.2, 0) is 6.42 Å². The van der Waals surface area contributed by atoms with Crippen molar-refractivity contribution in [1.82, 2.24) is 14.0 Å². The predicted octanol–water partition coefficient (Wildman–Crippen LogP) is 3.32. The Labute approximate surface area is 184 Å². The molecular formula is C23H27FN4O4. The number of hydrogen-bond donors (Lipinski definition) is 2. The van der Waals surface area contributed by atoms with Crippen LogP contribution in [0.25, 0.3) is 5.65 Å². The Morgan fingerprint density at radius 3 is 2.78 bits per heavy atom. The quantitative estimate of drug-likeness (QED) is 0.558. The Morgan fingerprint density at radius 1 is 1.38 bits per heavy atom. The number of carbonyl (C=O) groups is 1. The van der Waals surface area contributed by atoms with Crippen molar-refractivity contribution in [2.24, 2.45) is 0 Å². The number of fused-ring (bicyclic) bond motifs is 1. The van der Waals surface area contributed by atoms with Crippen molar-refractivity contribution >= 4 is 17.2 Å². The number of aliphatic hydroxyl groups is 1. The zero-order chi connectivity index (χ0) is 23.0. The minimum absolute atomic E-state index is 0.0150. The molecule has 1 amide bonds. The number of imidazole rings is 1. The minimum Gasteiger partial charge on any atom is -0.488 e. The molecule has 1 aliphatic rings. The second-order valence-electron chi connectivity index (χ2n) is 8.71. The lowest BCUT2D eigenvalue weighted by molar-refractivity contribution is 0.0711. The van der Waals surface area contributed by atoms with Crippen LogP contribution in [0.3, 0.4) is 0 Å². The number of amides is 1. The van der Waals surface area contributed by atoms with Crippen molar-refractivity contribution in [3.05, 3.63) is 58.2 Å². The SMILES string of the molecule is CCOc1c(NC(=O)c2cccn(C3CC3)c2=O)cn2cc(CCC(C)(C)O)nc2c1F. The van der Waals surface area contributed by atoms with Crippen molar-refractivity contribution < 1.29 is 19.0 Å². The maximum atomic E-state index is 15.2. The third kappa shape index (κ3) is 4.52. The van der Waals surface area contributed by atoms with Gasteiger partial charge in [-0.2, -0.15) is 4.39 Å². The van der Waals surface area contributed by atoms with Crippen molar-refractivity contribution in [1.29, 1.82) is 0 Å². The van der Waals surface area contributed by atoms with E-state index in [2.05, 4.69) is 10.3 Å². The summed E-state index contributed by atoms with van der Waals surface area (Å²) >= 11 is 0. The first kappa shape index (κ1) is 22.0. The fraction of sp³-hybridized carbons (Fsp3) is 0.435. The largest absolute Gasteiger partial charge is 0.488 e. The summed E-state index contributed by atoms with van der Waals surface area (Å²) < 4.78 is 23.7. The number of rotatable bonds is 8. The fourth-order valence-electron chi connectivity index (χ4n) is 3.56. The molecule has 3 heterocycles. The van der Waals surface area contributed by atoms with Crippen LogP contribution in [0.5, 0.6) is 5.75 Å². The number of aryl methyl sites for hydroxylation is 1. The predicted molar refractivity (Wildman–Crippen MR) is 118 cm³/mol. The molecule has 0 saturated heterocycles. The van der Waals surface area contributed by atoms with E-state index < -0.39 is 17.3 Å². The monoisotopic (exact) mass is 442 g/mol. The van der Waals surface area contributed by atoms with Crippen molar-refractivity contribution in [2.75, 3.05) is 11.9 Å². The molecule has 0 bridgehead atoms. The number of ether oxygens (including phenoxy) is 1. The highest BCUT2D eigenvalue weighted by molar-refractivity contribution is 6.04. The van der Waals surface area contributed by atoms with E-state index in [0.717, 1.165) is 12.8 Å². The Bertz CT molecular complexity index is 1220. The summed E-state index contributed by atoms with van der Waals surface area (Å²) in [4.78, 5) is 29.9. The number of hydrogen-bond acceptors (Lipinski definition) is 5. The van der Waals surface area contributed by atoms with Gasteiger partial charge in [0.05, 0.1) is 17.9 Å². The molecule has 1 aliphatic carbocycles. The molecule has 8 nitrogen and oxygen atoms in total. The molecule has 170 valence electrons. The summed E-state index contributed by atoms with van der Waals surface area (Å²) in [5.41, 5.74) is -0.482. The lowest BCUT2D eigenvalue weighted by Gasteiger charge is -2.15. The summed E-state index contributed by atoms with van der Waals surface area (Å²) in [6, 6.07) is 3.25. The molecule has 0 aromatic carbocycles. The van der Waals surface area contributed by atoms with Crippen LogP contribution in [0.4, 0.5) is 10.1 Å². The van der Waals surface area contributed by atoms with Gasteiger partial charge in [-0.3, -0.25) is 9.59 Å². The van der Waals surface area contributed by atoms with E-state index in [1.807, 2.05) is 0 Å². The normalized spacial score (nSPS) is 14.0. The van der Waals surface area contributed by atoms with Crippen LogP contribution >= 0.6 is 0 Å². The van der Waals surface area contributed by atoms with Gasteiger partial charge in [0.15, 0.2) is 11.4 Å². The average molecular weight is 442 g/mol. The first-order chi connectivity index (χ1) is 15.2. The van der Waals surface area contributed by atoms with Gasteiger partial charge < -0.3 is 24.1 Å². The molecule has 0 atom stereocenters. The summed E-state index contributed by atoms with van der Waals surface area (Å²) in [5.74, 6) is -1.47. The van der Waals surface area contributed by atoms with E-state index in [-0.39, 0.29) is 40.9 Å². The van der Waals surface area contributed by atoms with E-state index in [1.165, 1.54) is 16.7 Å². The van der Waals surface area contributed by atoms with Gasteiger partial charge >= 0.3 is 0 Å². The molecule has 1 fully saturated rings. The van der Waals surface area contributed by atoms with Gasteiger partial charge in [-0.05, 0) is 58.6 Å². The van der Waals surface area contributed by atoms with E-state index in [0.29, 0.717) is 18.5 Å². The molecule has 0 aliphatic heterocycles. The average Bonchev–Trinajstić information content (AvgIpc) is 3.48. The standard InChI is InChI=1S/C23H27FN4O4/c1-4-32-19-17(26-21(29)16-6-5-11-28(22(16)30)15-7-8-15)13-27-12-14(9-10-23(2,3)31)25-20(27)18(19)24/h5-6,11-13,15,31H,4,7-10H2,1-3H3,(H,26,29). The third-order valence-electron chi connectivity index (χ3n) is 5.38. The maximum Gasteiger partial charge on any atom is 0.263 e.